The van der Waals surface area contributed by atoms with E-state index in [4.69, 9.17) is 27.9 Å². The minimum Gasteiger partial charge on any atom is -0.379 e. The van der Waals surface area contributed by atoms with Crippen LogP contribution in [0, 0.1) is 0 Å². The summed E-state index contributed by atoms with van der Waals surface area (Å²) in [6.45, 7) is 6.91. The number of hydrogen-bond acceptors (Lipinski definition) is 3. The van der Waals surface area contributed by atoms with Gasteiger partial charge in [0.05, 0.1) is 16.1 Å². The monoisotopic (exact) mass is 321 g/mol. The number of nitrogens with one attached hydrogen (secondary N) is 1. The number of halogens is 2. The Hall–Kier alpha value is 0.0700. The molecule has 0 aliphatic rings. The van der Waals surface area contributed by atoms with Crippen molar-refractivity contribution in [2.45, 2.75) is 31.3 Å². The molecule has 0 unspecified atom stereocenters. The zero-order valence-electron chi connectivity index (χ0n) is 11.4. The molecule has 5 heteroatoms. The molecule has 0 radical (unpaired) electrons. The lowest BCUT2D eigenvalue weighted by atomic mass is 10.4. The molecule has 0 saturated heterocycles. The van der Waals surface area contributed by atoms with Crippen LogP contribution in [0.3, 0.4) is 0 Å². The van der Waals surface area contributed by atoms with E-state index in [2.05, 4.69) is 19.2 Å². The molecule has 108 valence electrons. The van der Waals surface area contributed by atoms with E-state index in [9.17, 15) is 0 Å². The van der Waals surface area contributed by atoms with Gasteiger partial charge in [-0.15, -0.1) is 11.8 Å². The molecule has 2 nitrogen and oxygen atoms in total. The van der Waals surface area contributed by atoms with E-state index in [0.29, 0.717) is 16.1 Å². The summed E-state index contributed by atoms with van der Waals surface area (Å²) in [6.07, 6.45) is 1.38. The molecule has 0 amide bonds. The van der Waals surface area contributed by atoms with Gasteiger partial charge in [0.15, 0.2) is 0 Å². The summed E-state index contributed by atoms with van der Waals surface area (Å²) in [6, 6.07) is 5.74. The lowest BCUT2D eigenvalue weighted by Crippen LogP contribution is -2.20. The zero-order valence-corrected chi connectivity index (χ0v) is 13.7. The van der Waals surface area contributed by atoms with Crippen LogP contribution in [0.1, 0.15) is 20.3 Å². The van der Waals surface area contributed by atoms with E-state index in [1.54, 1.807) is 11.8 Å². The standard InChI is InChI=1S/C14H21Cl2NOS/c1-11(2)18-8-3-6-17-7-9-19-12-4-5-13(15)14(16)10-12/h4-5,10-11,17H,3,6-9H2,1-2H3. The predicted molar refractivity (Wildman–Crippen MR) is 85.8 cm³/mol. The molecule has 0 aliphatic heterocycles. The summed E-state index contributed by atoms with van der Waals surface area (Å²) in [4.78, 5) is 1.15. The number of hydrogen-bond donors (Lipinski definition) is 1. The van der Waals surface area contributed by atoms with Crippen LogP contribution >= 0.6 is 35.0 Å². The maximum atomic E-state index is 5.96. The quantitative estimate of drug-likeness (QED) is 0.535. The van der Waals surface area contributed by atoms with Gasteiger partial charge in [-0.2, -0.15) is 0 Å². The molecular formula is C14H21Cl2NOS. The lowest BCUT2D eigenvalue weighted by Gasteiger charge is -2.08. The van der Waals surface area contributed by atoms with Gasteiger partial charge in [0, 0.05) is 23.8 Å². The molecule has 1 rings (SSSR count). The number of rotatable bonds is 9. The van der Waals surface area contributed by atoms with Crippen molar-refractivity contribution in [1.29, 1.82) is 0 Å². The summed E-state index contributed by atoms with van der Waals surface area (Å²) in [5.74, 6) is 1.02. The van der Waals surface area contributed by atoms with Gasteiger partial charge in [-0.1, -0.05) is 23.2 Å². The minimum atomic E-state index is 0.324. The normalized spacial score (nSPS) is 11.2. The van der Waals surface area contributed by atoms with Gasteiger partial charge >= 0.3 is 0 Å². The topological polar surface area (TPSA) is 21.3 Å². The van der Waals surface area contributed by atoms with Gasteiger partial charge in [0.1, 0.15) is 0 Å². The Morgan fingerprint density at radius 3 is 2.68 bits per heavy atom. The third kappa shape index (κ3) is 8.05. The molecule has 0 fully saturated rings. The third-order valence-corrected chi connectivity index (χ3v) is 4.12. The first-order valence-corrected chi connectivity index (χ1v) is 8.24. The van der Waals surface area contributed by atoms with Crippen LogP contribution in [0.25, 0.3) is 0 Å². The third-order valence-electron chi connectivity index (χ3n) is 2.39. The summed E-state index contributed by atoms with van der Waals surface area (Å²) in [7, 11) is 0. The Morgan fingerprint density at radius 1 is 1.21 bits per heavy atom. The van der Waals surface area contributed by atoms with Gasteiger partial charge in [0.25, 0.3) is 0 Å². The van der Waals surface area contributed by atoms with Crippen molar-refractivity contribution in [3.8, 4) is 0 Å². The molecule has 1 aromatic rings. The van der Waals surface area contributed by atoms with Crippen LogP contribution in [0.5, 0.6) is 0 Å². The Labute approximate surface area is 130 Å². The summed E-state index contributed by atoms with van der Waals surface area (Å²) < 4.78 is 5.47. The van der Waals surface area contributed by atoms with Crippen LogP contribution < -0.4 is 5.32 Å². The van der Waals surface area contributed by atoms with Crippen molar-refractivity contribution in [3.63, 3.8) is 0 Å². The molecule has 0 spiro atoms. The molecule has 0 heterocycles. The van der Waals surface area contributed by atoms with Crippen LogP contribution in [0.4, 0.5) is 0 Å². The molecule has 0 bridgehead atoms. The van der Waals surface area contributed by atoms with Crippen LogP contribution in [0.2, 0.25) is 10.0 Å². The molecule has 0 aromatic heterocycles. The second-order valence-electron chi connectivity index (χ2n) is 4.45. The van der Waals surface area contributed by atoms with Crippen molar-refractivity contribution >= 4 is 35.0 Å². The van der Waals surface area contributed by atoms with E-state index in [-0.39, 0.29) is 0 Å². The summed E-state index contributed by atoms with van der Waals surface area (Å²) >= 11 is 13.6. The van der Waals surface area contributed by atoms with Crippen LogP contribution in [-0.2, 0) is 4.74 Å². The van der Waals surface area contributed by atoms with Crippen molar-refractivity contribution in [1.82, 2.24) is 5.32 Å². The van der Waals surface area contributed by atoms with E-state index >= 15 is 0 Å². The summed E-state index contributed by atoms with van der Waals surface area (Å²) in [5, 5.41) is 4.62. The predicted octanol–water partition coefficient (Wildman–Crippen LogP) is 4.49. The van der Waals surface area contributed by atoms with Crippen molar-refractivity contribution in [3.05, 3.63) is 28.2 Å². The highest BCUT2D eigenvalue weighted by Gasteiger charge is 2.00. The van der Waals surface area contributed by atoms with Crippen LogP contribution in [0.15, 0.2) is 23.1 Å². The molecule has 0 atom stereocenters. The minimum absolute atomic E-state index is 0.324. The highest BCUT2D eigenvalue weighted by molar-refractivity contribution is 7.99. The maximum Gasteiger partial charge on any atom is 0.0603 e. The second kappa shape index (κ2) is 9.89. The molecule has 19 heavy (non-hydrogen) atoms. The maximum absolute atomic E-state index is 5.96. The first kappa shape index (κ1) is 17.1. The highest BCUT2D eigenvalue weighted by atomic mass is 35.5. The van der Waals surface area contributed by atoms with E-state index in [1.165, 1.54) is 0 Å². The largest absolute Gasteiger partial charge is 0.379 e. The fraction of sp³-hybridized carbons (Fsp3) is 0.571. The SMILES string of the molecule is CC(C)OCCCNCCSc1ccc(Cl)c(Cl)c1. The molecule has 1 N–H and O–H groups in total. The van der Waals surface area contributed by atoms with Gasteiger partial charge in [0.2, 0.25) is 0 Å². The average Bonchev–Trinajstić information content (AvgIpc) is 2.36. The molecule has 0 saturated carbocycles. The van der Waals surface area contributed by atoms with Gasteiger partial charge in [-0.3, -0.25) is 0 Å². The van der Waals surface area contributed by atoms with Crippen molar-refractivity contribution < 1.29 is 4.74 Å². The lowest BCUT2D eigenvalue weighted by molar-refractivity contribution is 0.0772. The fourth-order valence-corrected chi connectivity index (χ4v) is 2.66. The second-order valence-corrected chi connectivity index (χ2v) is 6.43. The Kier molecular flexibility index (Phi) is 8.92. The van der Waals surface area contributed by atoms with E-state index in [0.717, 1.165) is 36.8 Å². The first-order chi connectivity index (χ1) is 9.09. The Balaban J connectivity index is 2.03. The Morgan fingerprint density at radius 2 is 2.00 bits per heavy atom. The molecule has 0 aliphatic carbocycles. The Bertz CT molecular complexity index is 374. The van der Waals surface area contributed by atoms with Gasteiger partial charge in [-0.05, 0) is 45.0 Å². The van der Waals surface area contributed by atoms with Crippen molar-refractivity contribution in [2.24, 2.45) is 0 Å². The van der Waals surface area contributed by atoms with Crippen molar-refractivity contribution in [2.75, 3.05) is 25.4 Å². The first-order valence-electron chi connectivity index (χ1n) is 6.49. The number of ether oxygens (including phenoxy) is 1. The number of benzene rings is 1. The summed E-state index contributed by atoms with van der Waals surface area (Å²) in [5.41, 5.74) is 0. The highest BCUT2D eigenvalue weighted by Crippen LogP contribution is 2.27. The van der Waals surface area contributed by atoms with Gasteiger partial charge < -0.3 is 10.1 Å². The van der Waals surface area contributed by atoms with Gasteiger partial charge in [-0.25, -0.2) is 0 Å². The average molecular weight is 322 g/mol. The zero-order chi connectivity index (χ0) is 14.1. The molecule has 1 aromatic carbocycles. The van der Waals surface area contributed by atoms with E-state index in [1.807, 2.05) is 18.2 Å². The van der Waals surface area contributed by atoms with Crippen LogP contribution in [-0.4, -0.2) is 31.6 Å². The molecular weight excluding hydrogens is 301 g/mol. The van der Waals surface area contributed by atoms with E-state index < -0.39 is 0 Å². The number of thioether (sulfide) groups is 1. The fourth-order valence-electron chi connectivity index (χ4n) is 1.45. The smallest absolute Gasteiger partial charge is 0.0603 e.